The average Bonchev–Trinajstić information content (AvgIpc) is 3.50. The molecule has 2 fully saturated rings. The van der Waals surface area contributed by atoms with E-state index in [0.717, 1.165) is 54.2 Å². The topological polar surface area (TPSA) is 59.1 Å². The summed E-state index contributed by atoms with van der Waals surface area (Å²) in [5.74, 6) is 1.87. The van der Waals surface area contributed by atoms with E-state index in [-0.39, 0.29) is 23.8 Å². The van der Waals surface area contributed by atoms with Crippen molar-refractivity contribution < 1.29 is 19.1 Å². The van der Waals surface area contributed by atoms with E-state index in [1.54, 1.807) is 0 Å². The van der Waals surface area contributed by atoms with Gasteiger partial charge in [-0.1, -0.05) is 12.1 Å². The maximum absolute atomic E-state index is 13.3. The van der Waals surface area contributed by atoms with Crippen molar-refractivity contribution in [2.45, 2.75) is 31.7 Å². The minimum Gasteiger partial charge on any atom is -0.486 e. The number of hydrogen-bond acceptors (Lipinski definition) is 5. The Balaban J connectivity index is 1.24. The summed E-state index contributed by atoms with van der Waals surface area (Å²) in [7, 11) is 0. The predicted octanol–water partition coefficient (Wildman–Crippen LogP) is 3.74. The Hall–Kier alpha value is -2.54. The first-order chi connectivity index (χ1) is 14.7. The van der Waals surface area contributed by atoms with E-state index in [2.05, 4.69) is 6.07 Å². The molecule has 2 saturated heterocycles. The average molecular weight is 427 g/mol. The van der Waals surface area contributed by atoms with E-state index < -0.39 is 0 Å². The molecular formula is C23H26N2O4S. The number of rotatable bonds is 3. The molecule has 3 aliphatic heterocycles. The van der Waals surface area contributed by atoms with Crippen LogP contribution >= 0.6 is 11.3 Å². The lowest BCUT2D eigenvalue weighted by Crippen LogP contribution is -2.44. The second-order valence-electron chi connectivity index (χ2n) is 8.14. The molecule has 0 bridgehead atoms. The normalized spacial score (nSPS) is 21.7. The van der Waals surface area contributed by atoms with Gasteiger partial charge in [0.05, 0.1) is 10.9 Å². The van der Waals surface area contributed by atoms with Crippen LogP contribution in [0.15, 0.2) is 35.7 Å². The van der Waals surface area contributed by atoms with E-state index >= 15 is 0 Å². The standard InChI is InChI=1S/C23H26N2O4S/c26-22(16-7-10-24(11-8-16)23(27)21-4-2-14-30-21)25-9-1-3-18(25)17-5-6-19-20(15-17)29-13-12-28-19/h2,4-6,14-16,18H,1,3,7-13H2/t18-/m0/s1. The third kappa shape index (κ3) is 3.67. The van der Waals surface area contributed by atoms with Crippen molar-refractivity contribution in [3.8, 4) is 11.5 Å². The second kappa shape index (κ2) is 8.30. The van der Waals surface area contributed by atoms with Crippen LogP contribution in [-0.4, -0.2) is 54.5 Å². The molecule has 0 saturated carbocycles. The highest BCUT2D eigenvalue weighted by Gasteiger charge is 2.36. The number of thiophene rings is 1. The lowest BCUT2D eigenvalue weighted by molar-refractivity contribution is -0.137. The summed E-state index contributed by atoms with van der Waals surface area (Å²) in [4.78, 5) is 30.6. The third-order valence-electron chi connectivity index (χ3n) is 6.35. The Morgan fingerprint density at radius 2 is 1.77 bits per heavy atom. The number of amides is 2. The highest BCUT2D eigenvalue weighted by molar-refractivity contribution is 7.12. The molecule has 0 N–H and O–H groups in total. The largest absolute Gasteiger partial charge is 0.486 e. The Kier molecular flexibility index (Phi) is 5.37. The molecule has 1 aromatic carbocycles. The number of nitrogens with zero attached hydrogens (tertiary/aromatic N) is 2. The Bertz CT molecular complexity index is 921. The van der Waals surface area contributed by atoms with Gasteiger partial charge in [-0.05, 0) is 54.8 Å². The Morgan fingerprint density at radius 3 is 2.53 bits per heavy atom. The molecule has 0 radical (unpaired) electrons. The van der Waals surface area contributed by atoms with Gasteiger partial charge in [-0.2, -0.15) is 0 Å². The van der Waals surface area contributed by atoms with Crippen LogP contribution in [0.4, 0.5) is 0 Å². The molecule has 0 aliphatic carbocycles. The number of hydrogen-bond donors (Lipinski definition) is 0. The first kappa shape index (κ1) is 19.4. The monoisotopic (exact) mass is 426 g/mol. The van der Waals surface area contributed by atoms with Gasteiger partial charge in [0.15, 0.2) is 11.5 Å². The number of carbonyl (C=O) groups is 2. The summed E-state index contributed by atoms with van der Waals surface area (Å²) in [6.45, 7) is 3.23. The SMILES string of the molecule is O=C(c1cccs1)N1CCC(C(=O)N2CCC[C@H]2c2ccc3c(c2)OCCO3)CC1. The van der Waals surface area contributed by atoms with Gasteiger partial charge in [-0.25, -0.2) is 0 Å². The van der Waals surface area contributed by atoms with Crippen molar-refractivity contribution >= 4 is 23.2 Å². The maximum Gasteiger partial charge on any atom is 0.263 e. The summed E-state index contributed by atoms with van der Waals surface area (Å²) < 4.78 is 11.4. The summed E-state index contributed by atoms with van der Waals surface area (Å²) in [5.41, 5.74) is 1.12. The zero-order valence-electron chi connectivity index (χ0n) is 16.9. The smallest absolute Gasteiger partial charge is 0.263 e. The quantitative estimate of drug-likeness (QED) is 0.750. The summed E-state index contributed by atoms with van der Waals surface area (Å²) in [6.07, 6.45) is 3.46. The molecular weight excluding hydrogens is 400 g/mol. The van der Waals surface area contributed by atoms with Crippen molar-refractivity contribution in [3.63, 3.8) is 0 Å². The molecule has 2 amide bonds. The summed E-state index contributed by atoms with van der Waals surface area (Å²) in [5, 5.41) is 1.93. The minimum atomic E-state index is -0.00445. The first-order valence-corrected chi connectivity index (χ1v) is 11.6. The van der Waals surface area contributed by atoms with Crippen LogP contribution in [0, 0.1) is 5.92 Å². The number of piperidine rings is 1. The van der Waals surface area contributed by atoms with E-state index in [4.69, 9.17) is 9.47 Å². The Morgan fingerprint density at radius 1 is 0.967 bits per heavy atom. The van der Waals surface area contributed by atoms with E-state index in [1.165, 1.54) is 11.3 Å². The van der Waals surface area contributed by atoms with Crippen molar-refractivity contribution in [1.29, 1.82) is 0 Å². The molecule has 3 aliphatic rings. The fraction of sp³-hybridized carbons (Fsp3) is 0.478. The maximum atomic E-state index is 13.3. The van der Waals surface area contributed by atoms with Crippen LogP contribution in [0.1, 0.15) is 47.0 Å². The highest BCUT2D eigenvalue weighted by Crippen LogP contribution is 2.39. The molecule has 6 nitrogen and oxygen atoms in total. The van der Waals surface area contributed by atoms with Gasteiger partial charge < -0.3 is 19.3 Å². The Labute approximate surface area is 180 Å². The zero-order valence-corrected chi connectivity index (χ0v) is 17.7. The van der Waals surface area contributed by atoms with Crippen molar-refractivity contribution in [1.82, 2.24) is 9.80 Å². The summed E-state index contributed by atoms with van der Waals surface area (Å²) in [6, 6.07) is 9.92. The van der Waals surface area contributed by atoms with Crippen LogP contribution in [0.5, 0.6) is 11.5 Å². The molecule has 4 heterocycles. The first-order valence-electron chi connectivity index (χ1n) is 10.7. The minimum absolute atomic E-state index is 0.00445. The van der Waals surface area contributed by atoms with Gasteiger partial charge in [0, 0.05) is 25.6 Å². The van der Waals surface area contributed by atoms with Crippen molar-refractivity contribution in [3.05, 3.63) is 46.2 Å². The fourth-order valence-electron chi connectivity index (χ4n) is 4.76. The molecule has 0 spiro atoms. The van der Waals surface area contributed by atoms with E-state index in [1.807, 2.05) is 39.4 Å². The van der Waals surface area contributed by atoms with Crippen LogP contribution < -0.4 is 9.47 Å². The van der Waals surface area contributed by atoms with Gasteiger partial charge in [-0.15, -0.1) is 11.3 Å². The lowest BCUT2D eigenvalue weighted by atomic mass is 9.94. The van der Waals surface area contributed by atoms with Crippen LogP contribution in [0.3, 0.4) is 0 Å². The summed E-state index contributed by atoms with van der Waals surface area (Å²) >= 11 is 1.47. The van der Waals surface area contributed by atoms with Crippen LogP contribution in [0.25, 0.3) is 0 Å². The highest BCUT2D eigenvalue weighted by atomic mass is 32.1. The number of likely N-dealkylation sites (tertiary alicyclic amines) is 2. The third-order valence-corrected chi connectivity index (χ3v) is 7.21. The van der Waals surface area contributed by atoms with Crippen LogP contribution in [0.2, 0.25) is 0 Å². The molecule has 1 aromatic heterocycles. The fourth-order valence-corrected chi connectivity index (χ4v) is 5.46. The number of ether oxygens (including phenoxy) is 2. The predicted molar refractivity (Wildman–Crippen MR) is 114 cm³/mol. The van der Waals surface area contributed by atoms with Gasteiger partial charge in [-0.3, -0.25) is 9.59 Å². The van der Waals surface area contributed by atoms with Gasteiger partial charge >= 0.3 is 0 Å². The van der Waals surface area contributed by atoms with Crippen molar-refractivity contribution in [2.24, 2.45) is 5.92 Å². The van der Waals surface area contributed by atoms with Gasteiger partial charge in [0.1, 0.15) is 13.2 Å². The lowest BCUT2D eigenvalue weighted by Gasteiger charge is -2.35. The molecule has 7 heteroatoms. The molecule has 2 aromatic rings. The van der Waals surface area contributed by atoms with E-state index in [9.17, 15) is 9.59 Å². The van der Waals surface area contributed by atoms with Gasteiger partial charge in [0.2, 0.25) is 5.91 Å². The molecule has 158 valence electrons. The molecule has 0 unspecified atom stereocenters. The number of fused-ring (bicyclic) bond motifs is 1. The molecule has 5 rings (SSSR count). The molecule has 30 heavy (non-hydrogen) atoms. The van der Waals surface area contributed by atoms with Gasteiger partial charge in [0.25, 0.3) is 5.91 Å². The second-order valence-corrected chi connectivity index (χ2v) is 9.08. The molecule has 1 atom stereocenters. The van der Waals surface area contributed by atoms with Crippen LogP contribution in [-0.2, 0) is 4.79 Å². The van der Waals surface area contributed by atoms with E-state index in [0.29, 0.717) is 26.3 Å². The number of benzene rings is 1. The van der Waals surface area contributed by atoms with Crippen molar-refractivity contribution in [2.75, 3.05) is 32.8 Å². The number of carbonyl (C=O) groups excluding carboxylic acids is 2. The zero-order chi connectivity index (χ0) is 20.5.